The summed E-state index contributed by atoms with van der Waals surface area (Å²) in [5.74, 6) is -0.976. The summed E-state index contributed by atoms with van der Waals surface area (Å²) in [6.07, 6.45) is 5.91. The number of nitrogens with one attached hydrogen (secondary N) is 1. The number of hydrogen-bond donors (Lipinski definition) is 2. The molecule has 19 heavy (non-hydrogen) atoms. The third kappa shape index (κ3) is 4.24. The topological polar surface area (TPSA) is 82.5 Å². The summed E-state index contributed by atoms with van der Waals surface area (Å²) in [4.78, 5) is 27.9. The first kappa shape index (κ1) is 13.3. The molecular weight excluding hydrogens is 246 g/mol. The maximum atomic E-state index is 11.9. The van der Waals surface area contributed by atoms with E-state index in [2.05, 4.69) is 10.3 Å². The molecule has 1 aromatic heterocycles. The lowest BCUT2D eigenvalue weighted by Crippen LogP contribution is -2.44. The van der Waals surface area contributed by atoms with Crippen LogP contribution in [0, 0.1) is 0 Å². The number of aromatic nitrogens is 1. The van der Waals surface area contributed by atoms with E-state index in [1.165, 1.54) is 4.90 Å². The van der Waals surface area contributed by atoms with Crippen LogP contribution in [0.2, 0.25) is 0 Å². The molecule has 0 aliphatic heterocycles. The molecule has 6 heteroatoms. The van der Waals surface area contributed by atoms with Crippen LogP contribution in [0.4, 0.5) is 4.79 Å². The van der Waals surface area contributed by atoms with Crippen LogP contribution in [0.5, 0.6) is 0 Å². The van der Waals surface area contributed by atoms with E-state index in [0.29, 0.717) is 13.0 Å². The van der Waals surface area contributed by atoms with E-state index in [1.54, 1.807) is 12.4 Å². The van der Waals surface area contributed by atoms with Crippen LogP contribution in [0.3, 0.4) is 0 Å². The summed E-state index contributed by atoms with van der Waals surface area (Å²) in [5.41, 5.74) is 1.09. The van der Waals surface area contributed by atoms with E-state index in [4.69, 9.17) is 5.11 Å². The number of carbonyl (C=O) groups is 2. The third-order valence-corrected chi connectivity index (χ3v) is 2.99. The van der Waals surface area contributed by atoms with Crippen molar-refractivity contribution in [2.45, 2.75) is 25.3 Å². The van der Waals surface area contributed by atoms with E-state index >= 15 is 0 Å². The van der Waals surface area contributed by atoms with Crippen LogP contribution in [-0.2, 0) is 11.2 Å². The highest BCUT2D eigenvalue weighted by atomic mass is 16.4. The SMILES string of the molecule is O=C(O)CN(C(=O)NCCc1ccncc1)C1CC1. The monoisotopic (exact) mass is 263 g/mol. The highest BCUT2D eigenvalue weighted by Gasteiger charge is 2.33. The molecule has 1 fully saturated rings. The van der Waals surface area contributed by atoms with Gasteiger partial charge in [0.05, 0.1) is 0 Å². The van der Waals surface area contributed by atoms with Gasteiger partial charge in [0.2, 0.25) is 0 Å². The van der Waals surface area contributed by atoms with E-state index in [-0.39, 0.29) is 18.6 Å². The second-order valence-electron chi connectivity index (χ2n) is 4.59. The van der Waals surface area contributed by atoms with Crippen LogP contribution in [0.1, 0.15) is 18.4 Å². The highest BCUT2D eigenvalue weighted by Crippen LogP contribution is 2.26. The zero-order chi connectivity index (χ0) is 13.7. The molecule has 0 unspecified atom stereocenters. The van der Waals surface area contributed by atoms with Crippen molar-refractivity contribution < 1.29 is 14.7 Å². The summed E-state index contributed by atoms with van der Waals surface area (Å²) in [5, 5.41) is 11.5. The van der Waals surface area contributed by atoms with Crippen LogP contribution in [-0.4, -0.2) is 46.1 Å². The number of amides is 2. The van der Waals surface area contributed by atoms with Crippen LogP contribution < -0.4 is 5.32 Å². The molecule has 0 bridgehead atoms. The standard InChI is InChI=1S/C13H17N3O3/c17-12(18)9-16(11-1-2-11)13(19)15-8-5-10-3-6-14-7-4-10/h3-4,6-7,11H,1-2,5,8-9H2,(H,15,19)(H,17,18). The minimum Gasteiger partial charge on any atom is -0.480 e. The molecule has 1 heterocycles. The van der Waals surface area contributed by atoms with Gasteiger partial charge in [0, 0.05) is 25.0 Å². The predicted molar refractivity (Wildman–Crippen MR) is 68.7 cm³/mol. The highest BCUT2D eigenvalue weighted by molar-refractivity contribution is 5.80. The molecule has 0 spiro atoms. The molecule has 2 N–H and O–H groups in total. The van der Waals surface area contributed by atoms with Gasteiger partial charge in [-0.3, -0.25) is 9.78 Å². The van der Waals surface area contributed by atoms with Crippen LogP contribution in [0.15, 0.2) is 24.5 Å². The summed E-state index contributed by atoms with van der Waals surface area (Å²) >= 11 is 0. The molecule has 1 saturated carbocycles. The quantitative estimate of drug-likeness (QED) is 0.798. The van der Waals surface area contributed by atoms with Gasteiger partial charge in [-0.05, 0) is 37.0 Å². The van der Waals surface area contributed by atoms with Gasteiger partial charge < -0.3 is 15.3 Å². The lowest BCUT2D eigenvalue weighted by atomic mass is 10.2. The van der Waals surface area contributed by atoms with Gasteiger partial charge in [-0.2, -0.15) is 0 Å². The Morgan fingerprint density at radius 1 is 1.37 bits per heavy atom. The van der Waals surface area contributed by atoms with Crippen LogP contribution in [0.25, 0.3) is 0 Å². The van der Waals surface area contributed by atoms with Crippen LogP contribution >= 0.6 is 0 Å². The molecule has 0 atom stereocenters. The fourth-order valence-corrected chi connectivity index (χ4v) is 1.86. The Morgan fingerprint density at radius 2 is 2.05 bits per heavy atom. The Labute approximate surface area is 111 Å². The van der Waals surface area contributed by atoms with E-state index in [0.717, 1.165) is 18.4 Å². The number of carboxylic acid groups (broad SMARTS) is 1. The van der Waals surface area contributed by atoms with Gasteiger partial charge in [0.15, 0.2) is 0 Å². The minimum atomic E-state index is -0.976. The van der Waals surface area contributed by atoms with Gasteiger partial charge in [0.25, 0.3) is 0 Å². The van der Waals surface area contributed by atoms with Gasteiger partial charge in [0.1, 0.15) is 6.54 Å². The van der Waals surface area contributed by atoms with Crippen molar-refractivity contribution in [1.29, 1.82) is 0 Å². The number of pyridine rings is 1. The van der Waals surface area contributed by atoms with Gasteiger partial charge >= 0.3 is 12.0 Å². The molecular formula is C13H17N3O3. The Hall–Kier alpha value is -2.11. The molecule has 1 aliphatic rings. The first-order valence-corrected chi connectivity index (χ1v) is 6.32. The Morgan fingerprint density at radius 3 is 2.63 bits per heavy atom. The summed E-state index contributed by atoms with van der Waals surface area (Å²) in [6.45, 7) is 0.261. The molecule has 102 valence electrons. The van der Waals surface area contributed by atoms with E-state index < -0.39 is 5.97 Å². The fourth-order valence-electron chi connectivity index (χ4n) is 1.86. The zero-order valence-electron chi connectivity index (χ0n) is 10.6. The molecule has 0 radical (unpaired) electrons. The molecule has 2 rings (SSSR count). The molecule has 6 nitrogen and oxygen atoms in total. The molecule has 2 amide bonds. The third-order valence-electron chi connectivity index (χ3n) is 2.99. The number of carboxylic acids is 1. The lowest BCUT2D eigenvalue weighted by molar-refractivity contribution is -0.137. The minimum absolute atomic E-state index is 0.0945. The second kappa shape index (κ2) is 6.17. The van der Waals surface area contributed by atoms with Crippen molar-refractivity contribution in [3.63, 3.8) is 0 Å². The number of hydrogen-bond acceptors (Lipinski definition) is 3. The second-order valence-corrected chi connectivity index (χ2v) is 4.59. The number of urea groups is 1. The van der Waals surface area contributed by atoms with E-state index in [1.807, 2.05) is 12.1 Å². The smallest absolute Gasteiger partial charge is 0.323 e. The Balaban J connectivity index is 1.77. The maximum absolute atomic E-state index is 11.9. The summed E-state index contributed by atoms with van der Waals surface area (Å²) in [6, 6.07) is 3.58. The summed E-state index contributed by atoms with van der Waals surface area (Å²) in [7, 11) is 0. The number of rotatable bonds is 6. The fraction of sp³-hybridized carbons (Fsp3) is 0.462. The normalized spacial score (nSPS) is 13.9. The average molecular weight is 263 g/mol. The van der Waals surface area contributed by atoms with Crippen molar-refractivity contribution >= 4 is 12.0 Å². The van der Waals surface area contributed by atoms with Crippen molar-refractivity contribution in [1.82, 2.24) is 15.2 Å². The van der Waals surface area contributed by atoms with E-state index in [9.17, 15) is 9.59 Å². The largest absolute Gasteiger partial charge is 0.480 e. The number of carbonyl (C=O) groups excluding carboxylic acids is 1. The number of aliphatic carboxylic acids is 1. The lowest BCUT2D eigenvalue weighted by Gasteiger charge is -2.20. The molecule has 0 saturated heterocycles. The van der Waals surface area contributed by atoms with Gasteiger partial charge in [-0.1, -0.05) is 0 Å². The van der Waals surface area contributed by atoms with Gasteiger partial charge in [-0.25, -0.2) is 4.79 Å². The van der Waals surface area contributed by atoms with Crippen molar-refractivity contribution in [2.75, 3.05) is 13.1 Å². The van der Waals surface area contributed by atoms with Crippen molar-refractivity contribution in [3.8, 4) is 0 Å². The van der Waals surface area contributed by atoms with Gasteiger partial charge in [-0.15, -0.1) is 0 Å². The number of nitrogens with zero attached hydrogens (tertiary/aromatic N) is 2. The zero-order valence-corrected chi connectivity index (χ0v) is 10.6. The summed E-state index contributed by atoms with van der Waals surface area (Å²) < 4.78 is 0. The first-order chi connectivity index (χ1) is 9.16. The molecule has 0 aromatic carbocycles. The average Bonchev–Trinajstić information content (AvgIpc) is 3.21. The van der Waals surface area contributed by atoms with Crippen molar-refractivity contribution in [3.05, 3.63) is 30.1 Å². The molecule has 1 aliphatic carbocycles. The first-order valence-electron chi connectivity index (χ1n) is 6.32. The Bertz CT molecular complexity index is 446. The maximum Gasteiger partial charge on any atom is 0.323 e. The molecule has 1 aromatic rings. The Kier molecular flexibility index (Phi) is 4.33. The van der Waals surface area contributed by atoms with Crippen molar-refractivity contribution in [2.24, 2.45) is 0 Å². The predicted octanol–water partition coefficient (Wildman–Crippen LogP) is 0.883.